The van der Waals surface area contributed by atoms with Gasteiger partial charge in [-0.3, -0.25) is 4.79 Å². The van der Waals surface area contributed by atoms with E-state index < -0.39 is 124 Å². The van der Waals surface area contributed by atoms with Crippen LogP contribution < -0.4 is 5.32 Å². The van der Waals surface area contributed by atoms with Crippen molar-refractivity contribution in [3.63, 3.8) is 0 Å². The van der Waals surface area contributed by atoms with Crippen molar-refractivity contribution in [2.45, 2.75) is 324 Å². The Morgan fingerprint density at radius 2 is 0.835 bits per heavy atom. The minimum Gasteiger partial charge on any atom is -0.394 e. The number of hydrogen-bond donors (Lipinski definition) is 12. The van der Waals surface area contributed by atoms with Crippen molar-refractivity contribution in [1.82, 2.24) is 5.32 Å². The van der Waals surface area contributed by atoms with Crippen molar-refractivity contribution in [2.24, 2.45) is 0 Å². The molecule has 3 rings (SSSR count). The Balaban J connectivity index is 1.49. The van der Waals surface area contributed by atoms with E-state index in [1.807, 2.05) is 0 Å². The van der Waals surface area contributed by atoms with E-state index in [9.17, 15) is 61.0 Å². The second-order valence-electron chi connectivity index (χ2n) is 22.5. The van der Waals surface area contributed by atoms with Crippen LogP contribution >= 0.6 is 0 Å². The lowest BCUT2D eigenvalue weighted by Gasteiger charge is -2.48. The Hall–Kier alpha value is -1.73. The molecule has 0 aromatic carbocycles. The highest BCUT2D eigenvalue weighted by Gasteiger charge is 2.53. The van der Waals surface area contributed by atoms with Crippen molar-refractivity contribution in [3.8, 4) is 0 Å². The molecule has 17 unspecified atom stereocenters. The molecule has 19 nitrogen and oxygen atoms in total. The molecule has 0 spiro atoms. The normalized spacial score (nSPS) is 30.4. The third-order valence-corrected chi connectivity index (χ3v) is 15.8. The number of aliphatic hydroxyl groups excluding tert-OH is 11. The van der Waals surface area contributed by atoms with Gasteiger partial charge in [-0.15, -0.1) is 0 Å². The van der Waals surface area contributed by atoms with E-state index in [2.05, 4.69) is 43.5 Å². The molecule has 0 bridgehead atoms. The zero-order valence-electron chi connectivity index (χ0n) is 48.4. The number of amides is 1. The first kappa shape index (κ1) is 71.5. The van der Waals surface area contributed by atoms with Crippen LogP contribution in [0.2, 0.25) is 0 Å². The number of rotatable bonds is 46. The van der Waals surface area contributed by atoms with Gasteiger partial charge >= 0.3 is 0 Å². The number of hydrogen-bond acceptors (Lipinski definition) is 18. The van der Waals surface area contributed by atoms with Crippen molar-refractivity contribution in [3.05, 3.63) is 24.3 Å². The zero-order chi connectivity index (χ0) is 57.6. The molecule has 3 aliphatic rings. The van der Waals surface area contributed by atoms with Crippen LogP contribution in [0.3, 0.4) is 0 Å². The molecule has 0 aromatic rings. The molecule has 1 amide bonds. The van der Waals surface area contributed by atoms with Crippen LogP contribution in [-0.4, -0.2) is 193 Å². The first-order valence-electron chi connectivity index (χ1n) is 31.1. The van der Waals surface area contributed by atoms with E-state index in [1.165, 1.54) is 116 Å². The highest BCUT2D eigenvalue weighted by Crippen LogP contribution is 2.33. The SMILES string of the molecule is CCCCCC/C=C\C/C=C\CCCCCCCC(=O)NC(COC1OC(CO)C(OC2OC(CO)C(OC3OC(CO)C(O)C(O)C3O)C(O)C2O)C(O)C1O)C(O)CCCCCCCCCCCCCCCCCCCC. The summed E-state index contributed by atoms with van der Waals surface area (Å²) in [6.45, 7) is 1.77. The van der Waals surface area contributed by atoms with Crippen molar-refractivity contribution in [2.75, 3.05) is 26.4 Å². The van der Waals surface area contributed by atoms with Crippen molar-refractivity contribution >= 4 is 5.91 Å². The Morgan fingerprint density at radius 1 is 0.456 bits per heavy atom. The summed E-state index contributed by atoms with van der Waals surface area (Å²) < 4.78 is 34.3. The lowest BCUT2D eigenvalue weighted by atomic mass is 9.96. The summed E-state index contributed by atoms with van der Waals surface area (Å²) >= 11 is 0. The maximum atomic E-state index is 13.3. The average molecular weight is 1130 g/mol. The second kappa shape index (κ2) is 43.8. The van der Waals surface area contributed by atoms with E-state index >= 15 is 0 Å². The van der Waals surface area contributed by atoms with Gasteiger partial charge in [0.15, 0.2) is 18.9 Å². The number of carbonyl (C=O) groups excluding carboxylic acids is 1. The van der Waals surface area contributed by atoms with E-state index in [1.54, 1.807) is 0 Å². The minimum atomic E-state index is -1.97. The molecular weight excluding hydrogens is 1020 g/mol. The van der Waals surface area contributed by atoms with Gasteiger partial charge < -0.3 is 89.9 Å². The van der Waals surface area contributed by atoms with Gasteiger partial charge in [0.05, 0.1) is 38.6 Å². The van der Waals surface area contributed by atoms with Gasteiger partial charge in [-0.05, 0) is 44.9 Å². The van der Waals surface area contributed by atoms with E-state index in [-0.39, 0.29) is 18.9 Å². The molecule has 3 heterocycles. The molecule has 12 N–H and O–H groups in total. The molecular formula is C60H111NO18. The zero-order valence-corrected chi connectivity index (χ0v) is 48.4. The molecule has 17 atom stereocenters. The molecule has 0 aliphatic carbocycles. The Labute approximate surface area is 473 Å². The molecule has 3 saturated heterocycles. The van der Waals surface area contributed by atoms with Gasteiger partial charge in [0.1, 0.15) is 73.2 Å². The van der Waals surface area contributed by atoms with Gasteiger partial charge in [0.2, 0.25) is 5.91 Å². The number of allylic oxidation sites excluding steroid dienone is 4. The fourth-order valence-corrected chi connectivity index (χ4v) is 10.6. The molecule has 19 heteroatoms. The van der Waals surface area contributed by atoms with Crippen molar-refractivity contribution < 1.29 is 89.4 Å². The molecule has 3 aliphatic heterocycles. The summed E-state index contributed by atoms with van der Waals surface area (Å²) in [4.78, 5) is 13.3. The van der Waals surface area contributed by atoms with Crippen LogP contribution in [-0.2, 0) is 33.2 Å². The summed E-state index contributed by atoms with van der Waals surface area (Å²) in [6, 6.07) is -0.892. The summed E-state index contributed by atoms with van der Waals surface area (Å²) in [7, 11) is 0. The van der Waals surface area contributed by atoms with Crippen LogP contribution in [0.25, 0.3) is 0 Å². The first-order valence-corrected chi connectivity index (χ1v) is 31.1. The number of unbranched alkanes of at least 4 members (excludes halogenated alkanes) is 26. The maximum absolute atomic E-state index is 13.3. The molecule has 3 fully saturated rings. The van der Waals surface area contributed by atoms with E-state index in [0.29, 0.717) is 12.8 Å². The van der Waals surface area contributed by atoms with E-state index in [0.717, 1.165) is 70.6 Å². The molecule has 0 radical (unpaired) electrons. The maximum Gasteiger partial charge on any atom is 0.220 e. The van der Waals surface area contributed by atoms with Crippen LogP contribution in [0.5, 0.6) is 0 Å². The second-order valence-corrected chi connectivity index (χ2v) is 22.5. The van der Waals surface area contributed by atoms with Crippen molar-refractivity contribution in [1.29, 1.82) is 0 Å². The minimum absolute atomic E-state index is 0.252. The molecule has 0 saturated carbocycles. The lowest BCUT2D eigenvalue weighted by molar-refractivity contribution is -0.379. The standard InChI is InChI=1S/C60H111NO18/c1-3-5-7-9-11-13-15-17-19-21-22-23-25-27-29-31-33-35-37-44(65)43(61-48(66)38-36-34-32-30-28-26-24-20-18-16-14-12-10-8-6-4-2)42-74-58-54(72)51(69)56(46(40-63)76-58)79-60-55(73)52(70)57(47(41-64)77-60)78-59-53(71)50(68)49(67)45(39-62)75-59/h14,16,20,24,43-47,49-60,62-65,67-73H,3-13,15,17-19,21-23,25-42H2,1-2H3,(H,61,66)/b16-14-,24-20-. The number of nitrogens with one attached hydrogen (secondary N) is 1. The monoisotopic (exact) mass is 1130 g/mol. The Kier molecular flexibility index (Phi) is 39.7. The predicted molar refractivity (Wildman–Crippen MR) is 300 cm³/mol. The number of aliphatic hydroxyl groups is 11. The number of ether oxygens (including phenoxy) is 6. The fourth-order valence-electron chi connectivity index (χ4n) is 10.6. The highest BCUT2D eigenvalue weighted by molar-refractivity contribution is 5.76. The predicted octanol–water partition coefficient (Wildman–Crippen LogP) is 5.93. The van der Waals surface area contributed by atoms with Gasteiger partial charge in [0.25, 0.3) is 0 Å². The van der Waals surface area contributed by atoms with Crippen LogP contribution in [0.1, 0.15) is 219 Å². The Morgan fingerprint density at radius 3 is 1.30 bits per heavy atom. The van der Waals surface area contributed by atoms with Crippen LogP contribution in [0, 0.1) is 0 Å². The van der Waals surface area contributed by atoms with E-state index in [4.69, 9.17) is 28.4 Å². The quantitative estimate of drug-likeness (QED) is 0.0248. The third-order valence-electron chi connectivity index (χ3n) is 15.8. The lowest BCUT2D eigenvalue weighted by Crippen LogP contribution is -2.66. The summed E-state index contributed by atoms with van der Waals surface area (Å²) in [5.41, 5.74) is 0. The van der Waals surface area contributed by atoms with Crippen LogP contribution in [0.4, 0.5) is 0 Å². The number of carbonyl (C=O) groups is 1. The first-order chi connectivity index (χ1) is 38.3. The van der Waals surface area contributed by atoms with Gasteiger partial charge in [-0.25, -0.2) is 0 Å². The summed E-state index contributed by atoms with van der Waals surface area (Å²) in [6.07, 6.45) is 18.2. The summed E-state index contributed by atoms with van der Waals surface area (Å²) in [5.74, 6) is -0.256. The molecule has 464 valence electrons. The molecule has 79 heavy (non-hydrogen) atoms. The smallest absolute Gasteiger partial charge is 0.220 e. The van der Waals surface area contributed by atoms with Crippen LogP contribution in [0.15, 0.2) is 24.3 Å². The molecule has 0 aromatic heterocycles. The van der Waals surface area contributed by atoms with Gasteiger partial charge in [-0.2, -0.15) is 0 Å². The van der Waals surface area contributed by atoms with Gasteiger partial charge in [0, 0.05) is 6.42 Å². The Bertz CT molecular complexity index is 1540. The highest BCUT2D eigenvalue weighted by atomic mass is 16.8. The van der Waals surface area contributed by atoms with Gasteiger partial charge in [-0.1, -0.05) is 192 Å². The largest absolute Gasteiger partial charge is 0.394 e. The topological polar surface area (TPSA) is 307 Å². The average Bonchev–Trinajstić information content (AvgIpc) is 3.49. The summed E-state index contributed by atoms with van der Waals surface area (Å²) in [5, 5.41) is 120. The third kappa shape index (κ3) is 27.7. The fraction of sp³-hybridized carbons (Fsp3) is 0.917.